The largest absolute Gasteiger partial charge is 0.348 e. The molecule has 4 heteroatoms. The second-order valence-electron chi connectivity index (χ2n) is 4.79. The van der Waals surface area contributed by atoms with Crippen molar-refractivity contribution in [1.29, 1.82) is 0 Å². The maximum absolute atomic E-state index is 12.1. The molecule has 98 valence electrons. The van der Waals surface area contributed by atoms with E-state index in [1.807, 2.05) is 31.2 Å². The van der Waals surface area contributed by atoms with Gasteiger partial charge in [0.15, 0.2) is 0 Å². The zero-order valence-corrected chi connectivity index (χ0v) is 12.2. The van der Waals surface area contributed by atoms with Crippen LogP contribution in [0, 0.1) is 0 Å². The van der Waals surface area contributed by atoms with E-state index in [0.717, 1.165) is 29.4 Å². The van der Waals surface area contributed by atoms with Gasteiger partial charge in [0.2, 0.25) is 5.91 Å². The molecule has 0 radical (unpaired) electrons. The Kier molecular flexibility index (Phi) is 4.78. The summed E-state index contributed by atoms with van der Waals surface area (Å²) in [7, 11) is 0. The van der Waals surface area contributed by atoms with Crippen molar-refractivity contribution in [3.63, 3.8) is 0 Å². The molecule has 0 aromatic heterocycles. The van der Waals surface area contributed by atoms with Crippen molar-refractivity contribution in [2.24, 2.45) is 0 Å². The molecule has 0 aliphatic carbocycles. The Balaban J connectivity index is 1.94. The minimum atomic E-state index is -0.0200. The van der Waals surface area contributed by atoms with E-state index in [0.29, 0.717) is 0 Å². The van der Waals surface area contributed by atoms with Crippen molar-refractivity contribution < 1.29 is 4.79 Å². The average Bonchev–Trinajstić information content (AvgIpc) is 2.39. The molecule has 1 aromatic carbocycles. The lowest BCUT2D eigenvalue weighted by Gasteiger charge is -2.24. The number of amides is 1. The first-order chi connectivity index (χ1) is 8.66. The number of carbonyl (C=O) groups excluding carboxylic acids is 1. The second kappa shape index (κ2) is 6.34. The van der Waals surface area contributed by atoms with Crippen molar-refractivity contribution in [3.8, 4) is 0 Å². The molecule has 18 heavy (non-hydrogen) atoms. The smallest absolute Gasteiger partial charge is 0.237 e. The van der Waals surface area contributed by atoms with Crippen molar-refractivity contribution in [1.82, 2.24) is 10.6 Å². The van der Waals surface area contributed by atoms with E-state index in [2.05, 4.69) is 26.6 Å². The number of nitrogens with one attached hydrogen (secondary N) is 2. The summed E-state index contributed by atoms with van der Waals surface area (Å²) in [4.78, 5) is 12.1. The number of hydrogen-bond donors (Lipinski definition) is 2. The molecule has 1 amide bonds. The third-order valence-electron chi connectivity index (χ3n) is 3.33. The summed E-state index contributed by atoms with van der Waals surface area (Å²) in [5.41, 5.74) is 1.12. The lowest BCUT2D eigenvalue weighted by molar-refractivity contribution is -0.124. The van der Waals surface area contributed by atoms with Crippen molar-refractivity contribution in [2.45, 2.75) is 38.3 Å². The molecule has 1 aliphatic heterocycles. The fraction of sp³-hybridized carbons (Fsp3) is 0.500. The maximum atomic E-state index is 12.1. The molecule has 1 aromatic rings. The molecule has 2 atom stereocenters. The van der Waals surface area contributed by atoms with Crippen LogP contribution in [0.25, 0.3) is 0 Å². The lowest BCUT2D eigenvalue weighted by atomic mass is 10.0. The van der Waals surface area contributed by atoms with Crippen LogP contribution in [-0.4, -0.2) is 18.5 Å². The van der Waals surface area contributed by atoms with Crippen LogP contribution < -0.4 is 10.6 Å². The number of piperidine rings is 1. The molecule has 1 fully saturated rings. The van der Waals surface area contributed by atoms with Crippen molar-refractivity contribution in [2.75, 3.05) is 6.54 Å². The third kappa shape index (κ3) is 3.56. The van der Waals surface area contributed by atoms with Crippen LogP contribution in [0.3, 0.4) is 0 Å². The minimum absolute atomic E-state index is 0.0200. The lowest BCUT2D eigenvalue weighted by Crippen LogP contribution is -2.47. The molecule has 1 heterocycles. The highest BCUT2D eigenvalue weighted by Gasteiger charge is 2.21. The number of hydrogen-bond acceptors (Lipinski definition) is 2. The molecule has 1 aliphatic rings. The standard InChI is InChI=1S/C14H19BrN2O/c1-10(11-5-4-6-12(15)9-11)17-14(18)13-7-2-3-8-16-13/h4-6,9-10,13,16H,2-3,7-8H2,1H3,(H,17,18)/t10?,13-/m0/s1. The molecular formula is C14H19BrN2O. The fourth-order valence-electron chi connectivity index (χ4n) is 2.25. The summed E-state index contributed by atoms with van der Waals surface area (Å²) in [6, 6.07) is 8.07. The summed E-state index contributed by atoms with van der Waals surface area (Å²) in [6.07, 6.45) is 3.25. The van der Waals surface area contributed by atoms with Crippen LogP contribution in [0.1, 0.15) is 37.8 Å². The van der Waals surface area contributed by atoms with Gasteiger partial charge in [0.1, 0.15) is 0 Å². The minimum Gasteiger partial charge on any atom is -0.348 e. The van der Waals surface area contributed by atoms with E-state index in [1.165, 1.54) is 6.42 Å². The van der Waals surface area contributed by atoms with E-state index >= 15 is 0 Å². The fourth-order valence-corrected chi connectivity index (χ4v) is 2.67. The van der Waals surface area contributed by atoms with Gasteiger partial charge in [-0.1, -0.05) is 34.5 Å². The van der Waals surface area contributed by atoms with Crippen LogP contribution in [0.5, 0.6) is 0 Å². The van der Waals surface area contributed by atoms with E-state index in [1.54, 1.807) is 0 Å². The van der Waals surface area contributed by atoms with Crippen LogP contribution in [0.15, 0.2) is 28.7 Å². The third-order valence-corrected chi connectivity index (χ3v) is 3.83. The molecule has 2 rings (SSSR count). The molecule has 1 unspecified atom stereocenters. The zero-order chi connectivity index (χ0) is 13.0. The Morgan fingerprint density at radius 3 is 3.00 bits per heavy atom. The highest BCUT2D eigenvalue weighted by atomic mass is 79.9. The number of rotatable bonds is 3. The van der Waals surface area contributed by atoms with Gasteiger partial charge in [-0.2, -0.15) is 0 Å². The molecule has 2 N–H and O–H groups in total. The number of benzene rings is 1. The Hall–Kier alpha value is -0.870. The van der Waals surface area contributed by atoms with Gasteiger partial charge >= 0.3 is 0 Å². The SMILES string of the molecule is CC(NC(=O)[C@@H]1CCCCN1)c1cccc(Br)c1. The van der Waals surface area contributed by atoms with Gasteiger partial charge in [0, 0.05) is 4.47 Å². The zero-order valence-electron chi connectivity index (χ0n) is 10.6. The van der Waals surface area contributed by atoms with Crippen LogP contribution in [0.2, 0.25) is 0 Å². The highest BCUT2D eigenvalue weighted by Crippen LogP contribution is 2.18. The van der Waals surface area contributed by atoms with Gasteiger partial charge in [-0.25, -0.2) is 0 Å². The predicted molar refractivity (Wildman–Crippen MR) is 76.3 cm³/mol. The monoisotopic (exact) mass is 310 g/mol. The van der Waals surface area contributed by atoms with E-state index in [-0.39, 0.29) is 18.0 Å². The normalized spacial score (nSPS) is 21.3. The molecule has 3 nitrogen and oxygen atoms in total. The first-order valence-corrected chi connectivity index (χ1v) is 7.25. The molecule has 1 saturated heterocycles. The first-order valence-electron chi connectivity index (χ1n) is 6.46. The molecule has 0 bridgehead atoms. The summed E-state index contributed by atoms with van der Waals surface area (Å²) >= 11 is 3.45. The number of halogens is 1. The summed E-state index contributed by atoms with van der Waals surface area (Å²) in [6.45, 7) is 2.96. The van der Waals surface area contributed by atoms with Crippen LogP contribution >= 0.6 is 15.9 Å². The second-order valence-corrected chi connectivity index (χ2v) is 5.70. The highest BCUT2D eigenvalue weighted by molar-refractivity contribution is 9.10. The molecule has 0 spiro atoms. The van der Waals surface area contributed by atoms with Gasteiger partial charge in [-0.3, -0.25) is 4.79 Å². The average molecular weight is 311 g/mol. The Bertz CT molecular complexity index is 416. The van der Waals surface area contributed by atoms with E-state index in [9.17, 15) is 4.79 Å². The Morgan fingerprint density at radius 1 is 1.50 bits per heavy atom. The van der Waals surface area contributed by atoms with Gasteiger partial charge in [0.05, 0.1) is 12.1 Å². The molecular weight excluding hydrogens is 292 g/mol. The topological polar surface area (TPSA) is 41.1 Å². The van der Waals surface area contributed by atoms with Gasteiger partial charge in [-0.05, 0) is 44.0 Å². The summed E-state index contributed by atoms with van der Waals surface area (Å²) in [5, 5.41) is 6.34. The van der Waals surface area contributed by atoms with Gasteiger partial charge in [0.25, 0.3) is 0 Å². The predicted octanol–water partition coefficient (Wildman–Crippen LogP) is 2.77. The van der Waals surface area contributed by atoms with Crippen molar-refractivity contribution >= 4 is 21.8 Å². The Labute approximate surface area is 116 Å². The Morgan fingerprint density at radius 2 is 2.33 bits per heavy atom. The van der Waals surface area contributed by atoms with Gasteiger partial charge < -0.3 is 10.6 Å². The number of carbonyl (C=O) groups is 1. The van der Waals surface area contributed by atoms with Crippen LogP contribution in [-0.2, 0) is 4.79 Å². The first kappa shape index (κ1) is 13.6. The maximum Gasteiger partial charge on any atom is 0.237 e. The summed E-state index contributed by atoms with van der Waals surface area (Å²) in [5.74, 6) is 0.113. The quantitative estimate of drug-likeness (QED) is 0.901. The van der Waals surface area contributed by atoms with Crippen LogP contribution in [0.4, 0.5) is 0 Å². The summed E-state index contributed by atoms with van der Waals surface area (Å²) < 4.78 is 1.04. The van der Waals surface area contributed by atoms with E-state index < -0.39 is 0 Å². The van der Waals surface area contributed by atoms with Crippen molar-refractivity contribution in [3.05, 3.63) is 34.3 Å². The van der Waals surface area contributed by atoms with E-state index in [4.69, 9.17) is 0 Å². The molecule has 0 saturated carbocycles. The van der Waals surface area contributed by atoms with Gasteiger partial charge in [-0.15, -0.1) is 0 Å².